The molecule has 0 saturated carbocycles. The standard InChI is InChI=1S/C13H18N2O5S2/c1-21(17,18)10-3-4-11(12(7-10)22(2,19)20)15-6-5-9(8-15)13(14)16/h3-4,7,9H,5-6,8H2,1-2H3,(H2,14,16)/t9-/m0/s1. The predicted molar refractivity (Wildman–Crippen MR) is 82.2 cm³/mol. The average Bonchev–Trinajstić information content (AvgIpc) is 2.85. The molecule has 1 atom stereocenters. The van der Waals surface area contributed by atoms with E-state index in [0.29, 0.717) is 25.2 Å². The molecular weight excluding hydrogens is 328 g/mol. The minimum absolute atomic E-state index is 0.0534. The van der Waals surface area contributed by atoms with E-state index in [1.165, 1.54) is 12.1 Å². The number of anilines is 1. The zero-order valence-corrected chi connectivity index (χ0v) is 13.9. The van der Waals surface area contributed by atoms with E-state index in [1.54, 1.807) is 4.90 Å². The minimum atomic E-state index is -3.61. The zero-order valence-electron chi connectivity index (χ0n) is 12.3. The number of nitrogens with zero attached hydrogens (tertiary/aromatic N) is 1. The van der Waals surface area contributed by atoms with Crippen LogP contribution in [0.15, 0.2) is 28.0 Å². The lowest BCUT2D eigenvalue weighted by atomic mass is 10.1. The summed E-state index contributed by atoms with van der Waals surface area (Å²) in [7, 11) is -7.12. The molecule has 1 amide bonds. The van der Waals surface area contributed by atoms with Crippen molar-refractivity contribution in [3.63, 3.8) is 0 Å². The summed E-state index contributed by atoms with van der Waals surface area (Å²) in [6.45, 7) is 0.824. The first-order valence-corrected chi connectivity index (χ1v) is 10.4. The lowest BCUT2D eigenvalue weighted by Gasteiger charge is -2.21. The monoisotopic (exact) mass is 346 g/mol. The largest absolute Gasteiger partial charge is 0.370 e. The van der Waals surface area contributed by atoms with Crippen molar-refractivity contribution in [2.75, 3.05) is 30.5 Å². The van der Waals surface area contributed by atoms with Crippen LogP contribution in [-0.2, 0) is 24.5 Å². The number of rotatable bonds is 4. The highest BCUT2D eigenvalue weighted by Crippen LogP contribution is 2.32. The van der Waals surface area contributed by atoms with E-state index in [2.05, 4.69) is 0 Å². The van der Waals surface area contributed by atoms with Gasteiger partial charge in [0.1, 0.15) is 0 Å². The Labute approximate surface area is 129 Å². The van der Waals surface area contributed by atoms with Gasteiger partial charge in [-0.1, -0.05) is 0 Å². The van der Waals surface area contributed by atoms with Crippen LogP contribution in [-0.4, -0.2) is 48.3 Å². The molecule has 1 aliphatic rings. The summed E-state index contributed by atoms with van der Waals surface area (Å²) in [6.07, 6.45) is 2.60. The third kappa shape index (κ3) is 3.41. The Balaban J connectivity index is 2.51. The molecule has 0 spiro atoms. The second-order valence-corrected chi connectivity index (χ2v) is 9.51. The summed E-state index contributed by atoms with van der Waals surface area (Å²) >= 11 is 0. The van der Waals surface area contributed by atoms with E-state index in [-0.39, 0.29) is 15.7 Å². The zero-order chi connectivity index (χ0) is 16.7. The molecule has 1 aromatic rings. The van der Waals surface area contributed by atoms with E-state index in [1.807, 2.05) is 0 Å². The maximum atomic E-state index is 12.0. The molecule has 0 aromatic heterocycles. The molecule has 22 heavy (non-hydrogen) atoms. The minimum Gasteiger partial charge on any atom is -0.370 e. The fourth-order valence-electron chi connectivity index (χ4n) is 2.49. The Morgan fingerprint density at radius 1 is 1.18 bits per heavy atom. The summed E-state index contributed by atoms with van der Waals surface area (Å²) in [4.78, 5) is 12.9. The molecule has 1 heterocycles. The molecule has 2 N–H and O–H groups in total. The summed E-state index contributed by atoms with van der Waals surface area (Å²) in [5, 5.41) is 0. The number of benzene rings is 1. The number of primary amides is 1. The fraction of sp³-hybridized carbons (Fsp3) is 0.462. The number of hydrogen-bond donors (Lipinski definition) is 1. The van der Waals surface area contributed by atoms with Crippen molar-refractivity contribution in [1.82, 2.24) is 0 Å². The van der Waals surface area contributed by atoms with Gasteiger partial charge in [-0.05, 0) is 24.6 Å². The molecule has 2 rings (SSSR count). The van der Waals surface area contributed by atoms with Crippen LogP contribution >= 0.6 is 0 Å². The molecule has 1 saturated heterocycles. The lowest BCUT2D eigenvalue weighted by Crippen LogP contribution is -2.28. The predicted octanol–water partition coefficient (Wildman–Crippen LogP) is -0.195. The molecule has 0 unspecified atom stereocenters. The van der Waals surface area contributed by atoms with Gasteiger partial charge in [0.05, 0.1) is 21.4 Å². The SMILES string of the molecule is CS(=O)(=O)c1ccc(N2CC[C@H](C(N)=O)C2)c(S(C)(=O)=O)c1. The molecule has 1 fully saturated rings. The van der Waals surface area contributed by atoms with Gasteiger partial charge in [-0.2, -0.15) is 0 Å². The normalized spacial score (nSPS) is 19.4. The molecule has 9 heteroatoms. The maximum Gasteiger partial charge on any atom is 0.222 e. The van der Waals surface area contributed by atoms with Crippen LogP contribution in [0.3, 0.4) is 0 Å². The van der Waals surface area contributed by atoms with E-state index < -0.39 is 25.6 Å². The van der Waals surface area contributed by atoms with Gasteiger partial charge in [0.2, 0.25) is 5.91 Å². The van der Waals surface area contributed by atoms with Crippen molar-refractivity contribution in [1.29, 1.82) is 0 Å². The van der Waals surface area contributed by atoms with Crippen LogP contribution in [0.2, 0.25) is 0 Å². The Hall–Kier alpha value is -1.61. The number of carbonyl (C=O) groups excluding carboxylic acids is 1. The topological polar surface area (TPSA) is 115 Å². The third-order valence-corrected chi connectivity index (χ3v) is 5.93. The van der Waals surface area contributed by atoms with Crippen molar-refractivity contribution in [2.24, 2.45) is 11.7 Å². The fourth-order valence-corrected chi connectivity index (χ4v) is 4.13. The number of sulfone groups is 2. The van der Waals surface area contributed by atoms with Gasteiger partial charge < -0.3 is 10.6 Å². The highest BCUT2D eigenvalue weighted by atomic mass is 32.2. The molecular formula is C13H18N2O5S2. The Morgan fingerprint density at radius 3 is 2.27 bits per heavy atom. The van der Waals surface area contributed by atoms with Crippen LogP contribution < -0.4 is 10.6 Å². The van der Waals surface area contributed by atoms with Gasteiger partial charge in [0.25, 0.3) is 0 Å². The van der Waals surface area contributed by atoms with E-state index in [9.17, 15) is 21.6 Å². The Kier molecular flexibility index (Phi) is 4.22. The van der Waals surface area contributed by atoms with Crippen LogP contribution in [0.4, 0.5) is 5.69 Å². The third-order valence-electron chi connectivity index (χ3n) is 3.69. The Bertz CT molecular complexity index is 815. The molecule has 0 radical (unpaired) electrons. The van der Waals surface area contributed by atoms with Crippen molar-refractivity contribution in [2.45, 2.75) is 16.2 Å². The maximum absolute atomic E-state index is 12.0. The number of amides is 1. The molecule has 0 bridgehead atoms. The van der Waals surface area contributed by atoms with Gasteiger partial charge in [-0.15, -0.1) is 0 Å². The summed E-state index contributed by atoms with van der Waals surface area (Å²) in [5.74, 6) is -0.752. The summed E-state index contributed by atoms with van der Waals surface area (Å²) < 4.78 is 47.2. The number of hydrogen-bond acceptors (Lipinski definition) is 6. The second-order valence-electron chi connectivity index (χ2n) is 5.51. The lowest BCUT2D eigenvalue weighted by molar-refractivity contribution is -0.121. The summed E-state index contributed by atoms with van der Waals surface area (Å²) in [6, 6.07) is 4.00. The van der Waals surface area contributed by atoms with Crippen molar-refractivity contribution in [3.8, 4) is 0 Å². The molecule has 1 aromatic carbocycles. The summed E-state index contributed by atoms with van der Waals surface area (Å²) in [5.41, 5.74) is 5.68. The van der Waals surface area contributed by atoms with Crippen LogP contribution in [0.1, 0.15) is 6.42 Å². The molecule has 122 valence electrons. The first kappa shape index (κ1) is 16.8. The van der Waals surface area contributed by atoms with E-state index >= 15 is 0 Å². The van der Waals surface area contributed by atoms with Crippen molar-refractivity contribution in [3.05, 3.63) is 18.2 Å². The quantitative estimate of drug-likeness (QED) is 0.808. The van der Waals surface area contributed by atoms with Gasteiger partial charge >= 0.3 is 0 Å². The second kappa shape index (κ2) is 5.54. The first-order valence-electron chi connectivity index (χ1n) is 6.58. The van der Waals surface area contributed by atoms with Gasteiger partial charge in [-0.3, -0.25) is 4.79 Å². The first-order chi connectivity index (χ1) is 10.00. The van der Waals surface area contributed by atoms with Crippen molar-refractivity contribution >= 4 is 31.3 Å². The highest BCUT2D eigenvalue weighted by molar-refractivity contribution is 7.91. The van der Waals surface area contributed by atoms with Crippen LogP contribution in [0, 0.1) is 5.92 Å². The van der Waals surface area contributed by atoms with Gasteiger partial charge in [0.15, 0.2) is 19.7 Å². The molecule has 7 nitrogen and oxygen atoms in total. The number of nitrogens with two attached hydrogens (primary N) is 1. The Morgan fingerprint density at radius 2 is 1.82 bits per heavy atom. The number of carbonyl (C=O) groups is 1. The molecule has 1 aliphatic heterocycles. The van der Waals surface area contributed by atoms with E-state index in [0.717, 1.165) is 18.6 Å². The van der Waals surface area contributed by atoms with Crippen molar-refractivity contribution < 1.29 is 21.6 Å². The van der Waals surface area contributed by atoms with Gasteiger partial charge in [0, 0.05) is 25.6 Å². The van der Waals surface area contributed by atoms with Gasteiger partial charge in [-0.25, -0.2) is 16.8 Å². The van der Waals surface area contributed by atoms with Crippen LogP contribution in [0.5, 0.6) is 0 Å². The average molecular weight is 346 g/mol. The van der Waals surface area contributed by atoms with E-state index in [4.69, 9.17) is 5.73 Å². The molecule has 0 aliphatic carbocycles. The van der Waals surface area contributed by atoms with Crippen LogP contribution in [0.25, 0.3) is 0 Å². The smallest absolute Gasteiger partial charge is 0.222 e. The highest BCUT2D eigenvalue weighted by Gasteiger charge is 2.30.